The van der Waals surface area contributed by atoms with Crippen molar-refractivity contribution in [1.82, 2.24) is 14.5 Å². The molecule has 0 atom stereocenters. The van der Waals surface area contributed by atoms with E-state index < -0.39 is 18.0 Å². The van der Waals surface area contributed by atoms with Crippen molar-refractivity contribution in [1.29, 1.82) is 0 Å². The molecule has 3 aromatic rings. The van der Waals surface area contributed by atoms with E-state index in [4.69, 9.17) is 4.74 Å². The van der Waals surface area contributed by atoms with Gasteiger partial charge < -0.3 is 14.2 Å². The van der Waals surface area contributed by atoms with Gasteiger partial charge in [-0.25, -0.2) is 18.7 Å². The number of benzene rings is 1. The fourth-order valence-corrected chi connectivity index (χ4v) is 4.05. The molecule has 1 saturated heterocycles. The molecule has 1 aliphatic rings. The van der Waals surface area contributed by atoms with Crippen molar-refractivity contribution in [2.45, 2.75) is 19.4 Å². The number of nitrogens with one attached hydrogen (secondary N) is 1. The average molecular weight is 476 g/mol. The van der Waals surface area contributed by atoms with Gasteiger partial charge in [0.2, 0.25) is 5.95 Å². The van der Waals surface area contributed by atoms with Crippen LogP contribution in [0.2, 0.25) is 0 Å². The van der Waals surface area contributed by atoms with Crippen molar-refractivity contribution in [3.63, 3.8) is 0 Å². The van der Waals surface area contributed by atoms with Crippen molar-refractivity contribution in [3.05, 3.63) is 47.8 Å². The number of fused-ring (bicyclic) bond motifs is 1. The number of carbonyl (C=O) groups is 2. The monoisotopic (exact) mass is 475 g/mol. The second-order valence-corrected chi connectivity index (χ2v) is 8.39. The summed E-state index contributed by atoms with van der Waals surface area (Å²) in [5, 5.41) is 2.72. The Bertz CT molecular complexity index is 1170. The first-order chi connectivity index (χ1) is 16.0. The molecule has 1 aliphatic heterocycles. The van der Waals surface area contributed by atoms with Gasteiger partial charge in [0.25, 0.3) is 18.2 Å². The van der Waals surface area contributed by atoms with Crippen LogP contribution in [-0.2, 0) is 16.1 Å². The summed E-state index contributed by atoms with van der Waals surface area (Å²) in [4.78, 5) is 34.9. The van der Waals surface area contributed by atoms with Crippen LogP contribution >= 0.6 is 11.8 Å². The third-order valence-corrected chi connectivity index (χ3v) is 5.91. The van der Waals surface area contributed by atoms with Crippen LogP contribution in [0.3, 0.4) is 0 Å². The van der Waals surface area contributed by atoms with Gasteiger partial charge in [-0.15, -0.1) is 0 Å². The van der Waals surface area contributed by atoms with Crippen LogP contribution in [0.1, 0.15) is 29.0 Å². The number of carbonyl (C=O) groups excluding carboxylic acids is 2. The number of pyridine rings is 1. The first-order valence-electron chi connectivity index (χ1n) is 10.4. The van der Waals surface area contributed by atoms with Gasteiger partial charge in [-0.3, -0.25) is 14.9 Å². The Hall–Kier alpha value is -3.05. The van der Waals surface area contributed by atoms with Gasteiger partial charge in [-0.1, -0.05) is 6.07 Å². The number of nitrogens with zero attached hydrogens (tertiary/aromatic N) is 4. The zero-order valence-electron chi connectivity index (χ0n) is 18.0. The molecule has 0 unspecified atom stereocenters. The van der Waals surface area contributed by atoms with E-state index in [0.29, 0.717) is 36.8 Å². The largest absolute Gasteiger partial charge is 0.370 e. The second kappa shape index (κ2) is 10.3. The molecule has 8 nitrogen and oxygen atoms in total. The number of imidazole rings is 1. The van der Waals surface area contributed by atoms with Crippen molar-refractivity contribution in [3.8, 4) is 0 Å². The summed E-state index contributed by atoms with van der Waals surface area (Å²) in [6.45, 7) is 1.55. The summed E-state index contributed by atoms with van der Waals surface area (Å²) in [5.74, 6) is 0.470. The number of halogens is 2. The van der Waals surface area contributed by atoms with Gasteiger partial charge in [0, 0.05) is 18.8 Å². The van der Waals surface area contributed by atoms with Gasteiger partial charge in [0.05, 0.1) is 17.6 Å². The van der Waals surface area contributed by atoms with Crippen LogP contribution in [0.15, 0.2) is 36.4 Å². The van der Waals surface area contributed by atoms with E-state index in [9.17, 15) is 18.4 Å². The molecular weight excluding hydrogens is 452 g/mol. The van der Waals surface area contributed by atoms with Gasteiger partial charge in [-0.05, 0) is 48.8 Å². The van der Waals surface area contributed by atoms with E-state index in [1.807, 2.05) is 23.0 Å². The van der Waals surface area contributed by atoms with Gasteiger partial charge in [0.1, 0.15) is 18.0 Å². The molecule has 0 radical (unpaired) electrons. The minimum Gasteiger partial charge on any atom is -0.370 e. The van der Waals surface area contributed by atoms with E-state index in [0.717, 1.165) is 17.7 Å². The molecule has 33 heavy (non-hydrogen) atoms. The fraction of sp³-hybridized carbons (Fsp3) is 0.364. The highest BCUT2D eigenvalue weighted by atomic mass is 32.2. The predicted molar refractivity (Wildman–Crippen MR) is 123 cm³/mol. The smallest absolute Gasteiger partial charge is 0.280 e. The molecule has 1 fully saturated rings. The SMILES string of the molecule is CSCCCn1c(NC(=O)c2cccc(C(F)F)n2)nc2cc(N3CCOCC3=O)ccc21. The zero-order chi connectivity index (χ0) is 23.4. The highest BCUT2D eigenvalue weighted by Crippen LogP contribution is 2.27. The molecule has 0 saturated carbocycles. The molecule has 4 rings (SSSR count). The maximum atomic E-state index is 13.0. The number of hydrogen-bond acceptors (Lipinski definition) is 6. The number of anilines is 2. The minimum atomic E-state index is -2.77. The molecule has 1 N–H and O–H groups in total. The minimum absolute atomic E-state index is 0.0349. The van der Waals surface area contributed by atoms with Crippen LogP contribution in [0.5, 0.6) is 0 Å². The summed E-state index contributed by atoms with van der Waals surface area (Å²) >= 11 is 1.71. The number of rotatable bonds is 8. The molecular formula is C22H23F2N5O3S. The number of alkyl halides is 2. The number of morpholine rings is 1. The Kier molecular flexibility index (Phi) is 7.19. The maximum Gasteiger partial charge on any atom is 0.280 e. The maximum absolute atomic E-state index is 13.0. The van der Waals surface area contributed by atoms with E-state index >= 15 is 0 Å². The van der Waals surface area contributed by atoms with E-state index in [1.165, 1.54) is 18.2 Å². The highest BCUT2D eigenvalue weighted by molar-refractivity contribution is 7.98. The van der Waals surface area contributed by atoms with Crippen molar-refractivity contribution < 1.29 is 23.1 Å². The number of hydrogen-bond donors (Lipinski definition) is 1. The lowest BCUT2D eigenvalue weighted by Gasteiger charge is -2.26. The average Bonchev–Trinajstić information content (AvgIpc) is 3.15. The fourth-order valence-electron chi connectivity index (χ4n) is 3.63. The summed E-state index contributed by atoms with van der Waals surface area (Å²) in [6.07, 6.45) is 0.0931. The Morgan fingerprint density at radius 1 is 1.27 bits per heavy atom. The number of thioether (sulfide) groups is 1. The molecule has 174 valence electrons. The predicted octanol–water partition coefficient (Wildman–Crippen LogP) is 3.74. The quantitative estimate of drug-likeness (QED) is 0.500. The number of ether oxygens (including phenoxy) is 1. The lowest BCUT2D eigenvalue weighted by molar-refractivity contribution is -0.125. The Labute approximate surface area is 193 Å². The van der Waals surface area contributed by atoms with Gasteiger partial charge in [0.15, 0.2) is 0 Å². The topological polar surface area (TPSA) is 89.3 Å². The van der Waals surface area contributed by atoms with E-state index in [-0.39, 0.29) is 18.2 Å². The first kappa shape index (κ1) is 23.1. The lowest BCUT2D eigenvalue weighted by atomic mass is 10.2. The summed E-state index contributed by atoms with van der Waals surface area (Å²) < 4.78 is 33.0. The summed E-state index contributed by atoms with van der Waals surface area (Å²) in [6, 6.07) is 9.44. The van der Waals surface area contributed by atoms with Crippen molar-refractivity contribution in [2.75, 3.05) is 42.0 Å². The lowest BCUT2D eigenvalue weighted by Crippen LogP contribution is -2.41. The van der Waals surface area contributed by atoms with Gasteiger partial charge in [-0.2, -0.15) is 11.8 Å². The summed E-state index contributed by atoms with van der Waals surface area (Å²) in [5.41, 5.74) is 1.53. The molecule has 2 aromatic heterocycles. The molecule has 2 amide bonds. The second-order valence-electron chi connectivity index (χ2n) is 7.41. The van der Waals surface area contributed by atoms with Crippen LogP contribution in [-0.4, -0.2) is 58.1 Å². The van der Waals surface area contributed by atoms with Crippen LogP contribution in [0.25, 0.3) is 11.0 Å². The standard InChI is InChI=1S/C22H23F2N5O3S/c1-33-11-3-8-29-18-7-6-14(28-9-10-32-13-19(28)30)12-17(18)26-22(29)27-21(31)16-5-2-4-15(25-16)20(23)24/h2,4-7,12,20H,3,8-11,13H2,1H3,(H,26,27,31). The number of aromatic nitrogens is 3. The van der Waals surface area contributed by atoms with Crippen LogP contribution in [0, 0.1) is 0 Å². The van der Waals surface area contributed by atoms with Crippen molar-refractivity contribution >= 4 is 46.2 Å². The normalized spacial score (nSPS) is 14.3. The highest BCUT2D eigenvalue weighted by Gasteiger charge is 2.22. The molecule has 11 heteroatoms. The first-order valence-corrected chi connectivity index (χ1v) is 11.8. The Morgan fingerprint density at radius 2 is 2.12 bits per heavy atom. The number of aryl methyl sites for hydroxylation is 1. The molecule has 0 aliphatic carbocycles. The van der Waals surface area contributed by atoms with Gasteiger partial charge >= 0.3 is 0 Å². The molecule has 1 aromatic carbocycles. The van der Waals surface area contributed by atoms with Crippen molar-refractivity contribution in [2.24, 2.45) is 0 Å². The van der Waals surface area contributed by atoms with E-state index in [1.54, 1.807) is 22.7 Å². The third kappa shape index (κ3) is 5.14. The molecule has 0 spiro atoms. The van der Waals surface area contributed by atoms with E-state index in [2.05, 4.69) is 15.3 Å². The van der Waals surface area contributed by atoms with Crippen LogP contribution < -0.4 is 10.2 Å². The summed E-state index contributed by atoms with van der Waals surface area (Å²) in [7, 11) is 0. The Morgan fingerprint density at radius 3 is 2.88 bits per heavy atom. The van der Waals surface area contributed by atoms with Crippen LogP contribution in [0.4, 0.5) is 20.4 Å². The Balaban J connectivity index is 1.66. The zero-order valence-corrected chi connectivity index (χ0v) is 18.8. The third-order valence-electron chi connectivity index (χ3n) is 5.21. The molecule has 0 bridgehead atoms. The molecule has 3 heterocycles. The number of amides is 2.